The van der Waals surface area contributed by atoms with Crippen LogP contribution in [-0.4, -0.2) is 31.1 Å². The van der Waals surface area contributed by atoms with Crippen LogP contribution in [0.15, 0.2) is 24.3 Å². The van der Waals surface area contributed by atoms with Gasteiger partial charge in [-0.15, -0.1) is 0 Å². The summed E-state index contributed by atoms with van der Waals surface area (Å²) in [6.07, 6.45) is 1.66. The standard InChI is InChI=1S/C18H27N3O3/c1-12(2)17(22)21-15-5-3-13(4-6-15)11-20-18(23)16(19)14-7-9-24-10-8-14/h3-6,12,14,16H,7-11,19H2,1-2H3,(H,20,23)(H,21,22). The van der Waals surface area contributed by atoms with E-state index >= 15 is 0 Å². The van der Waals surface area contributed by atoms with Crippen LogP contribution >= 0.6 is 0 Å². The molecule has 0 aliphatic carbocycles. The molecule has 1 aliphatic heterocycles. The van der Waals surface area contributed by atoms with Crippen LogP contribution in [0.2, 0.25) is 0 Å². The second kappa shape index (κ2) is 8.80. The normalized spacial score (nSPS) is 16.7. The van der Waals surface area contributed by atoms with Gasteiger partial charge in [0.25, 0.3) is 0 Å². The maximum atomic E-state index is 12.2. The summed E-state index contributed by atoms with van der Waals surface area (Å²) >= 11 is 0. The van der Waals surface area contributed by atoms with E-state index in [2.05, 4.69) is 10.6 Å². The van der Waals surface area contributed by atoms with Gasteiger partial charge in [0.1, 0.15) is 0 Å². The molecule has 6 nitrogen and oxygen atoms in total. The molecule has 1 heterocycles. The summed E-state index contributed by atoms with van der Waals surface area (Å²) in [6, 6.07) is 6.95. The average molecular weight is 333 g/mol. The Labute approximate surface area is 143 Å². The van der Waals surface area contributed by atoms with Crippen LogP contribution in [0.1, 0.15) is 32.3 Å². The molecule has 1 aliphatic rings. The van der Waals surface area contributed by atoms with Crippen LogP contribution in [0.5, 0.6) is 0 Å². The van der Waals surface area contributed by atoms with Crippen LogP contribution in [-0.2, 0) is 20.9 Å². The predicted molar refractivity (Wildman–Crippen MR) is 93.3 cm³/mol. The molecule has 1 atom stereocenters. The second-order valence-electron chi connectivity index (χ2n) is 6.53. The Hall–Kier alpha value is -1.92. The third kappa shape index (κ3) is 5.32. The Kier molecular flexibility index (Phi) is 6.75. The SMILES string of the molecule is CC(C)C(=O)Nc1ccc(CNC(=O)C(N)C2CCOCC2)cc1. The quantitative estimate of drug-likeness (QED) is 0.738. The summed E-state index contributed by atoms with van der Waals surface area (Å²) in [5.41, 5.74) is 7.76. The average Bonchev–Trinajstić information content (AvgIpc) is 2.60. The van der Waals surface area contributed by atoms with Crippen LogP contribution in [0, 0.1) is 11.8 Å². The third-order valence-corrected chi connectivity index (χ3v) is 4.29. The topological polar surface area (TPSA) is 93.5 Å². The zero-order valence-corrected chi connectivity index (χ0v) is 14.4. The number of benzene rings is 1. The van der Waals surface area contributed by atoms with Gasteiger partial charge in [-0.25, -0.2) is 0 Å². The fraction of sp³-hybridized carbons (Fsp3) is 0.556. The number of nitrogens with two attached hydrogens (primary N) is 1. The molecule has 6 heteroatoms. The first-order valence-corrected chi connectivity index (χ1v) is 8.48. The van der Waals surface area contributed by atoms with Gasteiger partial charge in [0.15, 0.2) is 0 Å². The van der Waals surface area contributed by atoms with Crippen molar-refractivity contribution >= 4 is 17.5 Å². The zero-order valence-electron chi connectivity index (χ0n) is 14.4. The van der Waals surface area contributed by atoms with E-state index in [4.69, 9.17) is 10.5 Å². The summed E-state index contributed by atoms with van der Waals surface area (Å²) in [6.45, 7) is 5.47. The Morgan fingerprint density at radius 3 is 2.38 bits per heavy atom. The Balaban J connectivity index is 1.81. The summed E-state index contributed by atoms with van der Waals surface area (Å²) < 4.78 is 5.30. The van der Waals surface area contributed by atoms with E-state index in [0.29, 0.717) is 19.8 Å². The van der Waals surface area contributed by atoms with Gasteiger partial charge in [-0.05, 0) is 36.5 Å². The highest BCUT2D eigenvalue weighted by Gasteiger charge is 2.26. The van der Waals surface area contributed by atoms with Crippen LogP contribution < -0.4 is 16.4 Å². The molecule has 2 rings (SSSR count). The Morgan fingerprint density at radius 1 is 1.17 bits per heavy atom. The van der Waals surface area contributed by atoms with Gasteiger partial charge in [0.05, 0.1) is 6.04 Å². The van der Waals surface area contributed by atoms with Crippen molar-refractivity contribution in [3.05, 3.63) is 29.8 Å². The number of hydrogen-bond donors (Lipinski definition) is 3. The molecule has 132 valence electrons. The molecular formula is C18H27N3O3. The summed E-state index contributed by atoms with van der Waals surface area (Å²) in [5.74, 6) is -0.0133. The van der Waals surface area contributed by atoms with E-state index in [1.807, 2.05) is 38.1 Å². The molecule has 0 bridgehead atoms. The number of nitrogens with one attached hydrogen (secondary N) is 2. The Bertz CT molecular complexity index is 551. The molecule has 0 saturated carbocycles. The minimum absolute atomic E-state index is 0.0153. The minimum atomic E-state index is -0.487. The van der Waals surface area contributed by atoms with E-state index in [0.717, 1.165) is 24.1 Å². The molecule has 1 aromatic carbocycles. The Morgan fingerprint density at radius 2 is 1.79 bits per heavy atom. The monoisotopic (exact) mass is 333 g/mol. The molecule has 1 saturated heterocycles. The molecule has 1 unspecified atom stereocenters. The van der Waals surface area contributed by atoms with Crippen molar-refractivity contribution in [3.63, 3.8) is 0 Å². The number of carbonyl (C=O) groups is 2. The second-order valence-corrected chi connectivity index (χ2v) is 6.53. The zero-order chi connectivity index (χ0) is 17.5. The molecule has 2 amide bonds. The highest BCUT2D eigenvalue weighted by molar-refractivity contribution is 5.92. The predicted octanol–water partition coefficient (Wildman–Crippen LogP) is 1.65. The molecular weight excluding hydrogens is 306 g/mol. The highest BCUT2D eigenvalue weighted by atomic mass is 16.5. The van der Waals surface area contributed by atoms with Crippen molar-refractivity contribution in [2.75, 3.05) is 18.5 Å². The first kappa shape index (κ1) is 18.4. The number of rotatable bonds is 6. The molecule has 1 fully saturated rings. The summed E-state index contributed by atoms with van der Waals surface area (Å²) in [7, 11) is 0. The number of anilines is 1. The lowest BCUT2D eigenvalue weighted by molar-refractivity contribution is -0.124. The number of hydrogen-bond acceptors (Lipinski definition) is 4. The van der Waals surface area contributed by atoms with E-state index in [1.165, 1.54) is 0 Å². The van der Waals surface area contributed by atoms with Crippen molar-refractivity contribution in [3.8, 4) is 0 Å². The number of carbonyl (C=O) groups excluding carboxylic acids is 2. The van der Waals surface area contributed by atoms with Crippen LogP contribution in [0.4, 0.5) is 5.69 Å². The van der Waals surface area contributed by atoms with Crippen molar-refractivity contribution in [2.24, 2.45) is 17.6 Å². The van der Waals surface area contributed by atoms with Gasteiger partial charge in [-0.2, -0.15) is 0 Å². The van der Waals surface area contributed by atoms with E-state index in [9.17, 15) is 9.59 Å². The van der Waals surface area contributed by atoms with Crippen LogP contribution in [0.3, 0.4) is 0 Å². The van der Waals surface area contributed by atoms with Gasteiger partial charge in [0.2, 0.25) is 11.8 Å². The van der Waals surface area contributed by atoms with Gasteiger partial charge in [-0.3, -0.25) is 9.59 Å². The summed E-state index contributed by atoms with van der Waals surface area (Å²) in [5, 5.41) is 5.72. The maximum absolute atomic E-state index is 12.2. The first-order chi connectivity index (χ1) is 11.5. The first-order valence-electron chi connectivity index (χ1n) is 8.48. The van der Waals surface area contributed by atoms with Crippen molar-refractivity contribution in [1.82, 2.24) is 5.32 Å². The molecule has 0 aromatic heterocycles. The van der Waals surface area contributed by atoms with Gasteiger partial charge < -0.3 is 21.1 Å². The molecule has 0 radical (unpaired) electrons. The molecule has 4 N–H and O–H groups in total. The smallest absolute Gasteiger partial charge is 0.237 e. The lowest BCUT2D eigenvalue weighted by Gasteiger charge is -2.26. The third-order valence-electron chi connectivity index (χ3n) is 4.29. The lowest BCUT2D eigenvalue weighted by Crippen LogP contribution is -2.46. The van der Waals surface area contributed by atoms with E-state index in [-0.39, 0.29) is 23.7 Å². The van der Waals surface area contributed by atoms with E-state index in [1.54, 1.807) is 0 Å². The van der Waals surface area contributed by atoms with Gasteiger partial charge >= 0.3 is 0 Å². The van der Waals surface area contributed by atoms with E-state index < -0.39 is 6.04 Å². The largest absolute Gasteiger partial charge is 0.381 e. The van der Waals surface area contributed by atoms with Gasteiger partial charge in [-0.1, -0.05) is 26.0 Å². The molecule has 24 heavy (non-hydrogen) atoms. The maximum Gasteiger partial charge on any atom is 0.237 e. The lowest BCUT2D eigenvalue weighted by atomic mass is 9.92. The van der Waals surface area contributed by atoms with Crippen LogP contribution in [0.25, 0.3) is 0 Å². The van der Waals surface area contributed by atoms with Crippen molar-refractivity contribution < 1.29 is 14.3 Å². The summed E-state index contributed by atoms with van der Waals surface area (Å²) in [4.78, 5) is 23.8. The highest BCUT2D eigenvalue weighted by Crippen LogP contribution is 2.18. The number of amides is 2. The number of ether oxygens (including phenoxy) is 1. The molecule has 1 aromatic rings. The van der Waals surface area contributed by atoms with Gasteiger partial charge in [0, 0.05) is 31.4 Å². The fourth-order valence-electron chi connectivity index (χ4n) is 2.59. The van der Waals surface area contributed by atoms with Crippen molar-refractivity contribution in [1.29, 1.82) is 0 Å². The van der Waals surface area contributed by atoms with Crippen molar-refractivity contribution in [2.45, 2.75) is 39.3 Å². The fourth-order valence-corrected chi connectivity index (χ4v) is 2.59. The molecule has 0 spiro atoms. The minimum Gasteiger partial charge on any atom is -0.381 e.